The number of hydrogen-bond donors (Lipinski definition) is 1. The van der Waals surface area contributed by atoms with E-state index < -0.39 is 8.07 Å². The maximum atomic E-state index is 11.7. The van der Waals surface area contributed by atoms with Gasteiger partial charge in [0.25, 0.3) is 0 Å². The van der Waals surface area contributed by atoms with Crippen molar-refractivity contribution in [1.29, 1.82) is 0 Å². The maximum absolute atomic E-state index is 11.7. The van der Waals surface area contributed by atoms with Gasteiger partial charge in [-0.1, -0.05) is 31.7 Å². The smallest absolute Gasteiger partial charge is 0.450 e. The number of nitrogens with one attached hydrogen (secondary N) is 1. The van der Waals surface area contributed by atoms with E-state index >= 15 is 0 Å². The van der Waals surface area contributed by atoms with Crippen LogP contribution in [0, 0.1) is 0 Å². The van der Waals surface area contributed by atoms with Gasteiger partial charge in [-0.25, -0.2) is 4.79 Å². The van der Waals surface area contributed by atoms with Crippen molar-refractivity contribution >= 4 is 21.3 Å². The van der Waals surface area contributed by atoms with Crippen LogP contribution in [-0.2, 0) is 14.0 Å². The van der Waals surface area contributed by atoms with E-state index in [-0.39, 0.29) is 30.5 Å². The van der Waals surface area contributed by atoms with Crippen LogP contribution in [0.1, 0.15) is 41.0 Å². The molecular formula is C17H34BNO4Si. The van der Waals surface area contributed by atoms with Gasteiger partial charge >= 0.3 is 13.2 Å². The quantitative estimate of drug-likeness (QED) is 0.701. The fourth-order valence-electron chi connectivity index (χ4n) is 2.11. The molecule has 1 amide bonds. The molecule has 0 bridgehead atoms. The molecule has 1 N–H and O–H groups in total. The molecule has 138 valence electrons. The molecule has 1 unspecified atom stereocenters. The molecule has 0 aliphatic carbocycles. The highest BCUT2D eigenvalue weighted by Gasteiger charge is 2.49. The second-order valence-corrected chi connectivity index (χ2v) is 14.4. The third kappa shape index (κ3) is 6.99. The van der Waals surface area contributed by atoms with Crippen molar-refractivity contribution in [2.45, 2.75) is 84.0 Å². The molecule has 1 aliphatic heterocycles. The van der Waals surface area contributed by atoms with Crippen molar-refractivity contribution in [3.63, 3.8) is 0 Å². The predicted molar refractivity (Wildman–Crippen MR) is 102 cm³/mol. The van der Waals surface area contributed by atoms with E-state index in [0.29, 0.717) is 13.0 Å². The van der Waals surface area contributed by atoms with E-state index in [2.05, 4.69) is 25.0 Å². The standard InChI is InChI=1S/C17H34BNO4Si/c1-14(19-15(20)21-12-13-24(6,7)8)10-9-11-18-22-16(2,3)17(4,5)23-18/h9,11,14H,10,12-13H2,1-8H3,(H,19,20). The highest BCUT2D eigenvalue weighted by Crippen LogP contribution is 2.36. The molecule has 1 fully saturated rings. The summed E-state index contributed by atoms with van der Waals surface area (Å²) in [4.78, 5) is 11.7. The first kappa shape index (κ1) is 21.3. The molecule has 0 aromatic heterocycles. The molecule has 24 heavy (non-hydrogen) atoms. The minimum absolute atomic E-state index is 0.00283. The Bertz CT molecular complexity index is 444. The van der Waals surface area contributed by atoms with Crippen molar-refractivity contribution in [3.05, 3.63) is 12.1 Å². The minimum atomic E-state index is -1.17. The van der Waals surface area contributed by atoms with Gasteiger partial charge in [0.05, 0.1) is 17.8 Å². The zero-order valence-electron chi connectivity index (χ0n) is 16.6. The fourth-order valence-corrected chi connectivity index (χ4v) is 2.83. The average molecular weight is 355 g/mol. The SMILES string of the molecule is CC(CC=CB1OC(C)(C)C(C)(C)O1)NC(=O)OCC[Si](C)(C)C. The first-order valence-corrected chi connectivity index (χ1v) is 12.5. The topological polar surface area (TPSA) is 56.8 Å². The zero-order valence-corrected chi connectivity index (χ0v) is 17.6. The van der Waals surface area contributed by atoms with E-state index in [1.54, 1.807) is 0 Å². The van der Waals surface area contributed by atoms with Crippen molar-refractivity contribution in [2.24, 2.45) is 0 Å². The van der Waals surface area contributed by atoms with Crippen molar-refractivity contribution < 1.29 is 18.8 Å². The molecule has 1 rings (SSSR count). The normalized spacial score (nSPS) is 21.1. The highest BCUT2D eigenvalue weighted by atomic mass is 28.3. The Morgan fingerprint density at radius 3 is 2.25 bits per heavy atom. The van der Waals surface area contributed by atoms with Gasteiger partial charge in [-0.05, 0) is 47.1 Å². The molecule has 0 saturated carbocycles. The second-order valence-electron chi connectivity index (χ2n) is 8.78. The highest BCUT2D eigenvalue weighted by molar-refractivity contribution is 6.76. The molecule has 0 aromatic carbocycles. The lowest BCUT2D eigenvalue weighted by atomic mass is 9.89. The van der Waals surface area contributed by atoms with E-state index in [4.69, 9.17) is 14.0 Å². The van der Waals surface area contributed by atoms with Crippen LogP contribution in [0.5, 0.6) is 0 Å². The van der Waals surface area contributed by atoms with E-state index in [0.717, 1.165) is 6.04 Å². The third-order valence-electron chi connectivity index (χ3n) is 4.50. The Labute approximate surface area is 148 Å². The van der Waals surface area contributed by atoms with Gasteiger partial charge in [0.2, 0.25) is 0 Å². The number of ether oxygens (including phenoxy) is 1. The summed E-state index contributed by atoms with van der Waals surface area (Å²) < 4.78 is 17.0. The molecule has 1 saturated heterocycles. The Morgan fingerprint density at radius 2 is 1.75 bits per heavy atom. The number of alkyl carbamates (subject to hydrolysis) is 1. The lowest BCUT2D eigenvalue weighted by molar-refractivity contribution is 0.00578. The fraction of sp³-hybridized carbons (Fsp3) is 0.824. The summed E-state index contributed by atoms with van der Waals surface area (Å²) in [6.07, 6.45) is 2.34. The van der Waals surface area contributed by atoms with Crippen molar-refractivity contribution in [3.8, 4) is 0 Å². The molecule has 1 atom stereocenters. The van der Waals surface area contributed by atoms with Crippen LogP contribution in [0.4, 0.5) is 4.79 Å². The van der Waals surface area contributed by atoms with Crippen LogP contribution >= 0.6 is 0 Å². The van der Waals surface area contributed by atoms with Gasteiger partial charge in [-0.15, -0.1) is 0 Å². The van der Waals surface area contributed by atoms with E-state index in [9.17, 15) is 4.79 Å². The number of carbonyl (C=O) groups excluding carboxylic acids is 1. The van der Waals surface area contributed by atoms with Crippen LogP contribution < -0.4 is 5.32 Å². The molecular weight excluding hydrogens is 321 g/mol. The zero-order chi connectivity index (χ0) is 18.6. The van der Waals surface area contributed by atoms with Gasteiger partial charge in [-0.3, -0.25) is 0 Å². The van der Waals surface area contributed by atoms with Gasteiger partial charge in [-0.2, -0.15) is 0 Å². The summed E-state index contributed by atoms with van der Waals surface area (Å²) in [5.41, 5.74) is -0.655. The molecule has 7 heteroatoms. The maximum Gasteiger partial charge on any atom is 0.486 e. The van der Waals surface area contributed by atoms with Crippen LogP contribution in [0.15, 0.2) is 12.1 Å². The third-order valence-corrected chi connectivity index (χ3v) is 6.21. The summed E-state index contributed by atoms with van der Waals surface area (Å²) in [6, 6.07) is 0.986. The molecule has 0 aromatic rings. The predicted octanol–water partition coefficient (Wildman–Crippen LogP) is 4.02. The monoisotopic (exact) mass is 355 g/mol. The van der Waals surface area contributed by atoms with Gasteiger partial charge < -0.3 is 19.4 Å². The molecule has 1 heterocycles. The molecule has 5 nitrogen and oxygen atoms in total. The first-order chi connectivity index (χ1) is 10.8. The van der Waals surface area contributed by atoms with Gasteiger partial charge in [0, 0.05) is 14.1 Å². The van der Waals surface area contributed by atoms with E-state index in [1.807, 2.05) is 46.7 Å². The molecule has 0 radical (unpaired) electrons. The summed E-state index contributed by atoms with van der Waals surface area (Å²) in [7, 11) is -1.51. The van der Waals surface area contributed by atoms with Crippen molar-refractivity contribution in [2.75, 3.05) is 6.61 Å². The van der Waals surface area contributed by atoms with Crippen LogP contribution in [-0.4, -0.2) is 45.1 Å². The molecule has 1 aliphatic rings. The Hall–Kier alpha value is -0.788. The Kier molecular flexibility index (Phi) is 7.14. The van der Waals surface area contributed by atoms with Crippen molar-refractivity contribution in [1.82, 2.24) is 5.32 Å². The van der Waals surface area contributed by atoms with E-state index in [1.165, 1.54) is 0 Å². The molecule has 0 spiro atoms. The van der Waals surface area contributed by atoms with Gasteiger partial charge in [0.15, 0.2) is 0 Å². The van der Waals surface area contributed by atoms with Crippen LogP contribution in [0.25, 0.3) is 0 Å². The van der Waals surface area contributed by atoms with Crippen LogP contribution in [0.2, 0.25) is 25.7 Å². The number of amides is 1. The lowest BCUT2D eigenvalue weighted by Crippen LogP contribution is -2.41. The lowest BCUT2D eigenvalue weighted by Gasteiger charge is -2.32. The van der Waals surface area contributed by atoms with Gasteiger partial charge in [0.1, 0.15) is 0 Å². The first-order valence-electron chi connectivity index (χ1n) is 8.78. The summed E-state index contributed by atoms with van der Waals surface area (Å²) in [6.45, 7) is 17.4. The minimum Gasteiger partial charge on any atom is -0.450 e. The Morgan fingerprint density at radius 1 is 1.21 bits per heavy atom. The van der Waals surface area contributed by atoms with Crippen LogP contribution in [0.3, 0.4) is 0 Å². The summed E-state index contributed by atoms with van der Waals surface area (Å²) in [5.74, 6) is 1.91. The largest absolute Gasteiger partial charge is 0.486 e. The summed E-state index contributed by atoms with van der Waals surface area (Å²) in [5, 5.41) is 2.85. The second kappa shape index (κ2) is 8.06. The number of carbonyl (C=O) groups is 1. The number of rotatable bonds is 7. The summed E-state index contributed by atoms with van der Waals surface area (Å²) >= 11 is 0. The average Bonchev–Trinajstić information content (AvgIpc) is 2.55. The Balaban J connectivity index is 2.29. The number of hydrogen-bond acceptors (Lipinski definition) is 4.